The maximum Gasteiger partial charge on any atom is 0.237 e. The van der Waals surface area contributed by atoms with Crippen LogP contribution in [0.25, 0.3) is 0 Å². The van der Waals surface area contributed by atoms with Crippen LogP contribution in [0.1, 0.15) is 24.8 Å². The van der Waals surface area contributed by atoms with Gasteiger partial charge in [-0.3, -0.25) is 4.79 Å². The summed E-state index contributed by atoms with van der Waals surface area (Å²) < 4.78 is 0. The third-order valence-electron chi connectivity index (χ3n) is 3.25. The van der Waals surface area contributed by atoms with Gasteiger partial charge in [0, 0.05) is 11.6 Å². The molecule has 1 saturated heterocycles. The van der Waals surface area contributed by atoms with Crippen LogP contribution in [0.15, 0.2) is 24.3 Å². The third-order valence-corrected chi connectivity index (χ3v) is 3.50. The molecule has 19 heavy (non-hydrogen) atoms. The van der Waals surface area contributed by atoms with Crippen molar-refractivity contribution in [2.45, 2.75) is 31.7 Å². The van der Waals surface area contributed by atoms with E-state index in [9.17, 15) is 4.79 Å². The Balaban J connectivity index is 0.00000180. The van der Waals surface area contributed by atoms with Crippen LogP contribution in [0, 0.1) is 0 Å². The van der Waals surface area contributed by atoms with Gasteiger partial charge in [0.05, 0.1) is 6.04 Å². The molecule has 1 fully saturated rings. The molecular formula is C14H20Cl2N2O. The molecular weight excluding hydrogens is 283 g/mol. The van der Waals surface area contributed by atoms with E-state index in [2.05, 4.69) is 10.6 Å². The Labute approximate surface area is 125 Å². The van der Waals surface area contributed by atoms with Gasteiger partial charge in [-0.1, -0.05) is 30.2 Å². The summed E-state index contributed by atoms with van der Waals surface area (Å²) in [5.41, 5.74) is 1.19. The predicted octanol–water partition coefficient (Wildman–Crippen LogP) is 2.56. The van der Waals surface area contributed by atoms with E-state index < -0.39 is 0 Å². The zero-order valence-corrected chi connectivity index (χ0v) is 12.4. The molecule has 1 atom stereocenters. The molecule has 0 spiro atoms. The predicted molar refractivity (Wildman–Crippen MR) is 81.1 cm³/mol. The van der Waals surface area contributed by atoms with Crippen molar-refractivity contribution in [1.82, 2.24) is 10.6 Å². The van der Waals surface area contributed by atoms with E-state index in [1.165, 1.54) is 12.0 Å². The minimum absolute atomic E-state index is 0. The van der Waals surface area contributed by atoms with Crippen LogP contribution >= 0.6 is 24.0 Å². The van der Waals surface area contributed by atoms with Crippen LogP contribution in [0.5, 0.6) is 0 Å². The van der Waals surface area contributed by atoms with Gasteiger partial charge in [0.2, 0.25) is 5.91 Å². The van der Waals surface area contributed by atoms with Crippen LogP contribution < -0.4 is 10.6 Å². The van der Waals surface area contributed by atoms with Crippen LogP contribution in [-0.2, 0) is 11.2 Å². The van der Waals surface area contributed by atoms with Crippen LogP contribution in [0.3, 0.4) is 0 Å². The summed E-state index contributed by atoms with van der Waals surface area (Å²) >= 11 is 5.82. The Hall–Kier alpha value is -0.770. The molecule has 0 radical (unpaired) electrons. The fourth-order valence-electron chi connectivity index (χ4n) is 2.18. The number of amides is 1. The first kappa shape index (κ1) is 16.3. The third kappa shape index (κ3) is 5.39. The second-order valence-electron chi connectivity index (χ2n) is 4.67. The van der Waals surface area contributed by atoms with Crippen LogP contribution in [-0.4, -0.2) is 25.0 Å². The molecule has 3 nitrogen and oxygen atoms in total. The highest BCUT2D eigenvalue weighted by Crippen LogP contribution is 2.10. The van der Waals surface area contributed by atoms with Gasteiger partial charge in [-0.05, 0) is 43.5 Å². The van der Waals surface area contributed by atoms with E-state index >= 15 is 0 Å². The topological polar surface area (TPSA) is 41.1 Å². The van der Waals surface area contributed by atoms with Crippen molar-refractivity contribution in [2.24, 2.45) is 0 Å². The molecule has 0 aromatic heterocycles. The number of rotatable bonds is 4. The quantitative estimate of drug-likeness (QED) is 0.897. The highest BCUT2D eigenvalue weighted by molar-refractivity contribution is 6.30. The lowest BCUT2D eigenvalue weighted by Crippen LogP contribution is -2.47. The van der Waals surface area contributed by atoms with Gasteiger partial charge >= 0.3 is 0 Å². The first-order valence-electron chi connectivity index (χ1n) is 6.51. The maximum atomic E-state index is 11.8. The molecule has 1 amide bonds. The SMILES string of the molecule is Cl.O=C(NCCc1ccc(Cl)cc1)[C@@H]1CCCCN1. The number of hydrogen-bond donors (Lipinski definition) is 2. The summed E-state index contributed by atoms with van der Waals surface area (Å²) in [4.78, 5) is 11.8. The normalized spacial score (nSPS) is 18.5. The zero-order chi connectivity index (χ0) is 12.8. The Kier molecular flexibility index (Phi) is 7.21. The second kappa shape index (κ2) is 8.41. The van der Waals surface area contributed by atoms with Gasteiger partial charge < -0.3 is 10.6 Å². The maximum absolute atomic E-state index is 11.8. The van der Waals surface area contributed by atoms with Crippen molar-refractivity contribution in [3.63, 3.8) is 0 Å². The highest BCUT2D eigenvalue weighted by Gasteiger charge is 2.19. The van der Waals surface area contributed by atoms with Crippen LogP contribution in [0.2, 0.25) is 5.02 Å². The van der Waals surface area contributed by atoms with E-state index in [1.54, 1.807) is 0 Å². The van der Waals surface area contributed by atoms with E-state index in [0.29, 0.717) is 6.54 Å². The molecule has 0 saturated carbocycles. The van der Waals surface area contributed by atoms with Crippen molar-refractivity contribution in [3.05, 3.63) is 34.9 Å². The number of carbonyl (C=O) groups excluding carboxylic acids is 1. The lowest BCUT2D eigenvalue weighted by atomic mass is 10.0. The Morgan fingerprint density at radius 3 is 2.68 bits per heavy atom. The smallest absolute Gasteiger partial charge is 0.237 e. The van der Waals surface area contributed by atoms with Gasteiger partial charge in [-0.25, -0.2) is 0 Å². The molecule has 1 aliphatic rings. The summed E-state index contributed by atoms with van der Waals surface area (Å²) in [6, 6.07) is 7.74. The van der Waals surface area contributed by atoms with Crippen molar-refractivity contribution >= 4 is 29.9 Å². The number of hydrogen-bond acceptors (Lipinski definition) is 2. The molecule has 0 aliphatic carbocycles. The molecule has 1 aromatic carbocycles. The fourth-order valence-corrected chi connectivity index (χ4v) is 2.31. The standard InChI is InChI=1S/C14H19ClN2O.ClH/c15-12-6-4-11(5-7-12)8-10-17-14(18)13-3-1-2-9-16-13;/h4-7,13,16H,1-3,8-10H2,(H,17,18);1H/t13-;/m0./s1. The van der Waals surface area contributed by atoms with Crippen molar-refractivity contribution in [3.8, 4) is 0 Å². The lowest BCUT2D eigenvalue weighted by molar-refractivity contribution is -0.123. The van der Waals surface area contributed by atoms with Gasteiger partial charge in [0.15, 0.2) is 0 Å². The molecule has 1 aliphatic heterocycles. The van der Waals surface area contributed by atoms with Crippen molar-refractivity contribution in [1.29, 1.82) is 0 Å². The summed E-state index contributed by atoms with van der Waals surface area (Å²) in [7, 11) is 0. The molecule has 2 N–H and O–H groups in total. The van der Waals surface area contributed by atoms with E-state index in [4.69, 9.17) is 11.6 Å². The monoisotopic (exact) mass is 302 g/mol. The summed E-state index contributed by atoms with van der Waals surface area (Å²) in [5, 5.41) is 6.97. The minimum atomic E-state index is 0. The summed E-state index contributed by atoms with van der Waals surface area (Å²) in [6.07, 6.45) is 4.11. The lowest BCUT2D eigenvalue weighted by Gasteiger charge is -2.22. The number of halogens is 2. The van der Waals surface area contributed by atoms with Crippen LogP contribution in [0.4, 0.5) is 0 Å². The average molecular weight is 303 g/mol. The Morgan fingerprint density at radius 2 is 2.05 bits per heavy atom. The first-order chi connectivity index (χ1) is 8.75. The Morgan fingerprint density at radius 1 is 1.32 bits per heavy atom. The largest absolute Gasteiger partial charge is 0.354 e. The fraction of sp³-hybridized carbons (Fsp3) is 0.500. The van der Waals surface area contributed by atoms with Gasteiger partial charge in [-0.15, -0.1) is 12.4 Å². The Bertz CT molecular complexity index is 389. The molecule has 1 heterocycles. The summed E-state index contributed by atoms with van der Waals surface area (Å²) in [5.74, 6) is 0.128. The van der Waals surface area contributed by atoms with Gasteiger partial charge in [0.25, 0.3) is 0 Å². The zero-order valence-electron chi connectivity index (χ0n) is 10.8. The molecule has 1 aromatic rings. The van der Waals surface area contributed by atoms with Gasteiger partial charge in [0.1, 0.15) is 0 Å². The number of nitrogens with one attached hydrogen (secondary N) is 2. The second-order valence-corrected chi connectivity index (χ2v) is 5.11. The molecule has 106 valence electrons. The summed E-state index contributed by atoms with van der Waals surface area (Å²) in [6.45, 7) is 1.63. The van der Waals surface area contributed by atoms with E-state index in [0.717, 1.165) is 30.8 Å². The minimum Gasteiger partial charge on any atom is -0.354 e. The average Bonchev–Trinajstić information content (AvgIpc) is 2.42. The number of piperidine rings is 1. The number of carbonyl (C=O) groups is 1. The molecule has 2 rings (SSSR count). The van der Waals surface area contributed by atoms with Gasteiger partial charge in [-0.2, -0.15) is 0 Å². The van der Waals surface area contributed by atoms with Crippen molar-refractivity contribution in [2.75, 3.05) is 13.1 Å². The van der Waals surface area contributed by atoms with Crippen molar-refractivity contribution < 1.29 is 4.79 Å². The molecule has 5 heteroatoms. The van der Waals surface area contributed by atoms with E-state index in [1.807, 2.05) is 24.3 Å². The van der Waals surface area contributed by atoms with E-state index in [-0.39, 0.29) is 24.4 Å². The first-order valence-corrected chi connectivity index (χ1v) is 6.89. The number of benzene rings is 1. The highest BCUT2D eigenvalue weighted by atomic mass is 35.5. The molecule has 0 bridgehead atoms. The molecule has 0 unspecified atom stereocenters.